The molecule has 0 saturated carbocycles. The van der Waals surface area contributed by atoms with E-state index >= 15 is 0 Å². The van der Waals surface area contributed by atoms with Gasteiger partial charge >= 0.3 is 0 Å². The quantitative estimate of drug-likeness (QED) is 0.376. The van der Waals surface area contributed by atoms with Crippen LogP contribution in [0.25, 0.3) is 5.57 Å². The molecule has 0 radical (unpaired) electrons. The van der Waals surface area contributed by atoms with Crippen molar-refractivity contribution >= 4 is 23.1 Å². The number of hydrogen-bond acceptors (Lipinski definition) is 6. The first kappa shape index (κ1) is 21.5. The molecule has 0 aliphatic carbocycles. The lowest BCUT2D eigenvalue weighted by molar-refractivity contribution is -0.384. The highest BCUT2D eigenvalue weighted by Crippen LogP contribution is 2.34. The smallest absolute Gasteiger partial charge is 0.277 e. The zero-order chi connectivity index (χ0) is 22.7. The number of carbonyl (C=O) groups excluding carboxylic acids is 2. The zero-order valence-electron chi connectivity index (χ0n) is 18.0. The van der Waals surface area contributed by atoms with E-state index in [4.69, 9.17) is 4.74 Å². The maximum absolute atomic E-state index is 13.4. The SMILES string of the molecule is COc1ccc(CCN2C(=O)C(c3ccc([N+](=O)[O-])cc3)=C(N3CCCCC3)C2=O)cc1. The van der Waals surface area contributed by atoms with Crippen LogP contribution in [0.1, 0.15) is 30.4 Å². The lowest BCUT2D eigenvalue weighted by Gasteiger charge is -2.29. The van der Waals surface area contributed by atoms with Crippen molar-refractivity contribution in [3.05, 3.63) is 75.5 Å². The van der Waals surface area contributed by atoms with Crippen molar-refractivity contribution in [2.45, 2.75) is 25.7 Å². The lowest BCUT2D eigenvalue weighted by atomic mass is 10.0. The fourth-order valence-corrected chi connectivity index (χ4v) is 4.22. The number of hydrogen-bond donors (Lipinski definition) is 0. The second kappa shape index (κ2) is 9.21. The van der Waals surface area contributed by atoms with Crippen LogP contribution in [0, 0.1) is 10.1 Å². The molecule has 2 aromatic rings. The Hall–Kier alpha value is -3.68. The minimum atomic E-state index is -0.480. The van der Waals surface area contributed by atoms with E-state index in [0.29, 0.717) is 23.3 Å². The number of nitrogens with zero attached hydrogens (tertiary/aromatic N) is 3. The van der Waals surface area contributed by atoms with Crippen LogP contribution in [0.4, 0.5) is 5.69 Å². The van der Waals surface area contributed by atoms with E-state index < -0.39 is 4.92 Å². The van der Waals surface area contributed by atoms with Crippen molar-refractivity contribution < 1.29 is 19.2 Å². The third kappa shape index (κ3) is 4.21. The predicted molar refractivity (Wildman–Crippen MR) is 119 cm³/mol. The topological polar surface area (TPSA) is 93.0 Å². The summed E-state index contributed by atoms with van der Waals surface area (Å²) in [6, 6.07) is 13.4. The molecule has 0 spiro atoms. The summed E-state index contributed by atoms with van der Waals surface area (Å²) in [4.78, 5) is 40.6. The Morgan fingerprint density at radius 3 is 2.19 bits per heavy atom. The third-order valence-electron chi connectivity index (χ3n) is 5.97. The number of imide groups is 1. The Balaban J connectivity index is 1.62. The summed E-state index contributed by atoms with van der Waals surface area (Å²) in [7, 11) is 1.60. The zero-order valence-corrected chi connectivity index (χ0v) is 18.0. The fourth-order valence-electron chi connectivity index (χ4n) is 4.22. The molecule has 0 atom stereocenters. The second-order valence-electron chi connectivity index (χ2n) is 7.94. The van der Waals surface area contributed by atoms with Gasteiger partial charge in [-0.15, -0.1) is 0 Å². The van der Waals surface area contributed by atoms with Crippen LogP contribution in [-0.4, -0.2) is 53.3 Å². The van der Waals surface area contributed by atoms with Gasteiger partial charge in [0.25, 0.3) is 17.5 Å². The third-order valence-corrected chi connectivity index (χ3v) is 5.97. The molecule has 0 N–H and O–H groups in total. The Labute approximate surface area is 186 Å². The lowest BCUT2D eigenvalue weighted by Crippen LogP contribution is -2.38. The first-order valence-corrected chi connectivity index (χ1v) is 10.7. The van der Waals surface area contributed by atoms with Gasteiger partial charge in [0.05, 0.1) is 17.6 Å². The number of piperidine rings is 1. The molecule has 2 aromatic carbocycles. The van der Waals surface area contributed by atoms with Gasteiger partial charge in [-0.05, 0) is 61.1 Å². The summed E-state index contributed by atoms with van der Waals surface area (Å²) in [6.07, 6.45) is 3.55. The molecule has 166 valence electrons. The molecule has 8 nitrogen and oxygen atoms in total. The number of nitro groups is 1. The summed E-state index contributed by atoms with van der Waals surface area (Å²) in [6.45, 7) is 1.70. The maximum Gasteiger partial charge on any atom is 0.277 e. The van der Waals surface area contributed by atoms with Crippen LogP contribution in [0.3, 0.4) is 0 Å². The average molecular weight is 435 g/mol. The van der Waals surface area contributed by atoms with Crippen molar-refractivity contribution in [2.24, 2.45) is 0 Å². The molecule has 2 aliphatic rings. The fraction of sp³-hybridized carbons (Fsp3) is 0.333. The largest absolute Gasteiger partial charge is 0.497 e. The normalized spacial score (nSPS) is 16.7. The van der Waals surface area contributed by atoms with E-state index in [1.54, 1.807) is 19.2 Å². The van der Waals surface area contributed by atoms with E-state index in [0.717, 1.165) is 43.7 Å². The van der Waals surface area contributed by atoms with Crippen molar-refractivity contribution in [1.29, 1.82) is 0 Å². The summed E-state index contributed by atoms with van der Waals surface area (Å²) in [5, 5.41) is 11.0. The Bertz CT molecular complexity index is 1050. The Kier molecular flexibility index (Phi) is 6.20. The monoisotopic (exact) mass is 435 g/mol. The van der Waals surface area contributed by atoms with Gasteiger partial charge in [-0.3, -0.25) is 24.6 Å². The summed E-state index contributed by atoms with van der Waals surface area (Å²) in [5.74, 6) is 0.105. The highest BCUT2D eigenvalue weighted by atomic mass is 16.6. The van der Waals surface area contributed by atoms with E-state index in [2.05, 4.69) is 0 Å². The molecule has 2 heterocycles. The number of nitro benzene ring substituents is 1. The molecule has 8 heteroatoms. The van der Waals surface area contributed by atoms with Gasteiger partial charge < -0.3 is 9.64 Å². The molecular weight excluding hydrogens is 410 g/mol. The van der Waals surface area contributed by atoms with E-state index in [1.165, 1.54) is 17.0 Å². The van der Waals surface area contributed by atoms with Gasteiger partial charge in [-0.25, -0.2) is 0 Å². The average Bonchev–Trinajstić information content (AvgIpc) is 3.08. The molecule has 2 amide bonds. The maximum atomic E-state index is 13.4. The van der Waals surface area contributed by atoms with E-state index in [-0.39, 0.29) is 24.0 Å². The van der Waals surface area contributed by atoms with Crippen molar-refractivity contribution in [3.8, 4) is 5.75 Å². The summed E-state index contributed by atoms with van der Waals surface area (Å²) in [5.41, 5.74) is 2.22. The van der Waals surface area contributed by atoms with Gasteiger partial charge in [-0.2, -0.15) is 0 Å². The predicted octanol–water partition coefficient (Wildman–Crippen LogP) is 3.41. The molecule has 0 aromatic heterocycles. The molecular formula is C24H25N3O5. The molecule has 4 rings (SSSR count). The first-order valence-electron chi connectivity index (χ1n) is 10.7. The number of ether oxygens (including phenoxy) is 1. The van der Waals surface area contributed by atoms with E-state index in [1.807, 2.05) is 29.2 Å². The molecule has 1 fully saturated rings. The first-order chi connectivity index (χ1) is 15.5. The summed E-state index contributed by atoms with van der Waals surface area (Å²) < 4.78 is 5.18. The van der Waals surface area contributed by atoms with E-state index in [9.17, 15) is 19.7 Å². The van der Waals surface area contributed by atoms with Crippen molar-refractivity contribution in [1.82, 2.24) is 9.80 Å². The number of carbonyl (C=O) groups is 2. The van der Waals surface area contributed by atoms with Crippen LogP contribution in [0.5, 0.6) is 5.75 Å². The molecule has 2 aliphatic heterocycles. The standard InChI is InChI=1S/C24H25N3O5/c1-32-20-11-5-17(6-12-20)13-16-26-23(28)21(18-7-9-19(10-8-18)27(30)31)22(24(26)29)25-14-3-2-4-15-25/h5-12H,2-4,13-16H2,1H3. The molecule has 0 unspecified atom stereocenters. The van der Waals surface area contributed by atoms with Crippen LogP contribution < -0.4 is 4.74 Å². The van der Waals surface area contributed by atoms with Gasteiger partial charge in [0.15, 0.2) is 0 Å². The number of benzene rings is 2. The highest BCUT2D eigenvalue weighted by molar-refractivity contribution is 6.35. The molecule has 1 saturated heterocycles. The highest BCUT2D eigenvalue weighted by Gasteiger charge is 2.41. The minimum Gasteiger partial charge on any atom is -0.497 e. The van der Waals surface area contributed by atoms with Crippen LogP contribution in [-0.2, 0) is 16.0 Å². The number of rotatable bonds is 7. The van der Waals surface area contributed by atoms with Gasteiger partial charge in [0, 0.05) is 31.8 Å². The number of methoxy groups -OCH3 is 1. The number of amides is 2. The Morgan fingerprint density at radius 2 is 1.59 bits per heavy atom. The second-order valence-corrected chi connectivity index (χ2v) is 7.94. The molecule has 32 heavy (non-hydrogen) atoms. The molecule has 0 bridgehead atoms. The van der Waals surface area contributed by atoms with Gasteiger partial charge in [0.2, 0.25) is 0 Å². The summed E-state index contributed by atoms with van der Waals surface area (Å²) >= 11 is 0. The van der Waals surface area contributed by atoms with Crippen LogP contribution in [0.2, 0.25) is 0 Å². The van der Waals surface area contributed by atoms with Crippen molar-refractivity contribution in [3.63, 3.8) is 0 Å². The van der Waals surface area contributed by atoms with Crippen LogP contribution >= 0.6 is 0 Å². The number of non-ortho nitro benzene ring substituents is 1. The Morgan fingerprint density at radius 1 is 0.938 bits per heavy atom. The van der Waals surface area contributed by atoms with Gasteiger partial charge in [0.1, 0.15) is 11.4 Å². The minimum absolute atomic E-state index is 0.0537. The van der Waals surface area contributed by atoms with Crippen LogP contribution in [0.15, 0.2) is 54.2 Å². The number of likely N-dealkylation sites (tertiary alicyclic amines) is 1. The van der Waals surface area contributed by atoms with Gasteiger partial charge in [-0.1, -0.05) is 12.1 Å². The van der Waals surface area contributed by atoms with Crippen molar-refractivity contribution in [2.75, 3.05) is 26.7 Å².